The Bertz CT molecular complexity index is 1020. The molecule has 3 aromatic rings. The van der Waals surface area contributed by atoms with Gasteiger partial charge in [-0.25, -0.2) is 14.4 Å². The summed E-state index contributed by atoms with van der Waals surface area (Å²) in [5.41, 5.74) is 2.26. The van der Waals surface area contributed by atoms with Crippen molar-refractivity contribution in [3.8, 4) is 11.3 Å². The molecule has 1 aromatic carbocycles. The molecule has 0 unspecified atom stereocenters. The van der Waals surface area contributed by atoms with Crippen LogP contribution in [-0.2, 0) is 0 Å². The number of hydrogen-bond donors (Lipinski definition) is 0. The third-order valence-electron chi connectivity index (χ3n) is 5.02. The fourth-order valence-corrected chi connectivity index (χ4v) is 3.67. The van der Waals surface area contributed by atoms with Crippen molar-refractivity contribution in [2.45, 2.75) is 39.2 Å². The van der Waals surface area contributed by atoms with Crippen LogP contribution in [0.4, 0.5) is 4.39 Å². The molecule has 0 spiro atoms. The molecule has 144 valence electrons. The molecule has 0 saturated carbocycles. The first-order valence-electron chi connectivity index (χ1n) is 9.37. The Hall–Kier alpha value is -3.09. The van der Waals surface area contributed by atoms with Crippen LogP contribution in [0.5, 0.6) is 0 Å². The number of amides is 1. The molecule has 1 amide bonds. The zero-order valence-electron chi connectivity index (χ0n) is 15.9. The number of nitrogens with zero attached hydrogens (tertiary/aromatic N) is 4. The number of carbonyl (C=O) groups is 1. The van der Waals surface area contributed by atoms with Gasteiger partial charge in [0.25, 0.3) is 5.91 Å². The summed E-state index contributed by atoms with van der Waals surface area (Å²) in [6.45, 7) is 4.21. The lowest BCUT2D eigenvalue weighted by Gasteiger charge is -2.36. The van der Waals surface area contributed by atoms with Crippen molar-refractivity contribution in [3.05, 3.63) is 65.1 Å². The molecular formula is C21H21FN4O2. The highest BCUT2D eigenvalue weighted by molar-refractivity contribution is 5.95. The van der Waals surface area contributed by atoms with E-state index in [4.69, 9.17) is 4.52 Å². The number of likely N-dealkylation sites (tertiary alicyclic amines) is 1. The van der Waals surface area contributed by atoms with Crippen LogP contribution in [0.3, 0.4) is 0 Å². The van der Waals surface area contributed by atoms with Gasteiger partial charge in [-0.1, -0.05) is 17.3 Å². The summed E-state index contributed by atoms with van der Waals surface area (Å²) in [5, 5.41) is 3.95. The monoisotopic (exact) mass is 380 g/mol. The van der Waals surface area contributed by atoms with E-state index in [1.807, 2.05) is 19.9 Å². The molecule has 0 N–H and O–H groups in total. The molecule has 2 aromatic heterocycles. The quantitative estimate of drug-likeness (QED) is 0.679. The van der Waals surface area contributed by atoms with Crippen molar-refractivity contribution >= 4 is 5.91 Å². The highest BCUT2D eigenvalue weighted by atomic mass is 19.1. The summed E-state index contributed by atoms with van der Waals surface area (Å²) in [7, 11) is 0. The van der Waals surface area contributed by atoms with Gasteiger partial charge < -0.3 is 9.42 Å². The number of aryl methyl sites for hydroxylation is 2. The van der Waals surface area contributed by atoms with Crippen molar-refractivity contribution in [1.29, 1.82) is 0 Å². The Balaban J connectivity index is 1.77. The zero-order chi connectivity index (χ0) is 19.7. The molecule has 1 fully saturated rings. The van der Waals surface area contributed by atoms with Crippen LogP contribution in [0.15, 0.2) is 41.1 Å². The van der Waals surface area contributed by atoms with Gasteiger partial charge in [0, 0.05) is 18.8 Å². The minimum atomic E-state index is -0.512. The number of carbonyl (C=O) groups excluding carboxylic acids is 1. The first kappa shape index (κ1) is 18.3. The number of benzene rings is 1. The average molecular weight is 380 g/mol. The lowest BCUT2D eigenvalue weighted by molar-refractivity contribution is 0.0601. The van der Waals surface area contributed by atoms with E-state index in [-0.39, 0.29) is 17.5 Å². The SMILES string of the molecule is Cc1cc(-c2cnc(C)nc2[C@@H]2CCCCN2C(=O)c2ccccc2F)on1. The third-order valence-corrected chi connectivity index (χ3v) is 5.02. The average Bonchev–Trinajstić information content (AvgIpc) is 3.14. The smallest absolute Gasteiger partial charge is 0.257 e. The predicted molar refractivity (Wildman–Crippen MR) is 101 cm³/mol. The van der Waals surface area contributed by atoms with E-state index in [0.717, 1.165) is 25.0 Å². The number of hydrogen-bond acceptors (Lipinski definition) is 5. The molecule has 0 bridgehead atoms. The maximum atomic E-state index is 14.2. The summed E-state index contributed by atoms with van der Waals surface area (Å²) < 4.78 is 19.7. The van der Waals surface area contributed by atoms with E-state index in [2.05, 4.69) is 15.1 Å². The van der Waals surface area contributed by atoms with E-state index in [9.17, 15) is 9.18 Å². The Morgan fingerprint density at radius 3 is 2.82 bits per heavy atom. The maximum absolute atomic E-state index is 14.2. The Morgan fingerprint density at radius 2 is 2.07 bits per heavy atom. The van der Waals surface area contributed by atoms with Gasteiger partial charge in [0.2, 0.25) is 0 Å². The normalized spacial score (nSPS) is 17.0. The van der Waals surface area contributed by atoms with Crippen LogP contribution < -0.4 is 0 Å². The second-order valence-corrected chi connectivity index (χ2v) is 7.04. The lowest BCUT2D eigenvalue weighted by Crippen LogP contribution is -2.39. The molecule has 1 atom stereocenters. The van der Waals surface area contributed by atoms with Crippen molar-refractivity contribution in [3.63, 3.8) is 0 Å². The minimum Gasteiger partial charge on any atom is -0.356 e. The van der Waals surface area contributed by atoms with Gasteiger partial charge >= 0.3 is 0 Å². The topological polar surface area (TPSA) is 72.1 Å². The van der Waals surface area contributed by atoms with Crippen LogP contribution in [0, 0.1) is 19.7 Å². The predicted octanol–water partition coefficient (Wildman–Crippen LogP) is 4.25. The molecule has 28 heavy (non-hydrogen) atoms. The highest BCUT2D eigenvalue weighted by Crippen LogP contribution is 2.36. The highest BCUT2D eigenvalue weighted by Gasteiger charge is 2.33. The molecule has 0 radical (unpaired) electrons. The molecule has 1 aliphatic heterocycles. The van der Waals surface area contributed by atoms with Crippen LogP contribution in [0.1, 0.15) is 52.9 Å². The Kier molecular flexibility index (Phi) is 4.90. The molecular weight excluding hydrogens is 359 g/mol. The fourth-order valence-electron chi connectivity index (χ4n) is 3.67. The Morgan fingerprint density at radius 1 is 1.25 bits per heavy atom. The van der Waals surface area contributed by atoms with E-state index >= 15 is 0 Å². The fraction of sp³-hybridized carbons (Fsp3) is 0.333. The van der Waals surface area contributed by atoms with E-state index in [1.165, 1.54) is 12.1 Å². The van der Waals surface area contributed by atoms with Gasteiger partial charge in [0.1, 0.15) is 11.6 Å². The standard InChI is InChI=1S/C21H21FN4O2/c1-13-11-19(28-25-13)16-12-23-14(2)24-20(16)18-9-5-6-10-26(18)21(27)15-7-3-4-8-17(15)22/h3-4,7-8,11-12,18H,5-6,9-10H2,1-2H3/t18-/m0/s1. The van der Waals surface area contributed by atoms with E-state index < -0.39 is 5.82 Å². The summed E-state index contributed by atoms with van der Waals surface area (Å²) in [6, 6.07) is 7.63. The second kappa shape index (κ2) is 7.50. The maximum Gasteiger partial charge on any atom is 0.257 e. The van der Waals surface area contributed by atoms with E-state index in [1.54, 1.807) is 23.2 Å². The molecule has 7 heteroatoms. The molecule has 1 saturated heterocycles. The largest absolute Gasteiger partial charge is 0.356 e. The summed E-state index contributed by atoms with van der Waals surface area (Å²) in [6.07, 6.45) is 4.29. The lowest BCUT2D eigenvalue weighted by atomic mass is 9.94. The number of halogens is 1. The van der Waals surface area contributed by atoms with Crippen molar-refractivity contribution in [2.24, 2.45) is 0 Å². The van der Waals surface area contributed by atoms with Crippen molar-refractivity contribution < 1.29 is 13.7 Å². The summed E-state index contributed by atoms with van der Waals surface area (Å²) in [5.74, 6) is 0.343. The van der Waals surface area contributed by atoms with Gasteiger partial charge in [-0.15, -0.1) is 0 Å². The van der Waals surface area contributed by atoms with Crippen molar-refractivity contribution in [2.75, 3.05) is 6.54 Å². The van der Waals surface area contributed by atoms with Gasteiger partial charge in [0.15, 0.2) is 5.76 Å². The van der Waals surface area contributed by atoms with E-state index in [0.29, 0.717) is 29.4 Å². The molecule has 1 aliphatic rings. The summed E-state index contributed by atoms with van der Waals surface area (Å²) >= 11 is 0. The number of aromatic nitrogens is 3. The zero-order valence-corrected chi connectivity index (χ0v) is 15.9. The van der Waals surface area contributed by atoms with Crippen molar-refractivity contribution in [1.82, 2.24) is 20.0 Å². The first-order chi connectivity index (χ1) is 13.5. The Labute approximate surface area is 162 Å². The molecule has 3 heterocycles. The minimum absolute atomic E-state index is 0.0808. The van der Waals surface area contributed by atoms with Gasteiger partial charge in [0.05, 0.1) is 28.6 Å². The first-order valence-corrected chi connectivity index (χ1v) is 9.37. The van der Waals surface area contributed by atoms with Crippen LogP contribution in [0.25, 0.3) is 11.3 Å². The van der Waals surface area contributed by atoms with Crippen LogP contribution in [0.2, 0.25) is 0 Å². The van der Waals surface area contributed by atoms with Crippen LogP contribution in [-0.4, -0.2) is 32.5 Å². The van der Waals surface area contributed by atoms with Gasteiger partial charge in [-0.2, -0.15) is 0 Å². The second-order valence-electron chi connectivity index (χ2n) is 7.04. The number of piperidine rings is 1. The molecule has 4 rings (SSSR count). The summed E-state index contributed by atoms with van der Waals surface area (Å²) in [4.78, 5) is 23.8. The van der Waals surface area contributed by atoms with Gasteiger partial charge in [-0.3, -0.25) is 4.79 Å². The molecule has 0 aliphatic carbocycles. The number of rotatable bonds is 3. The van der Waals surface area contributed by atoms with Gasteiger partial charge in [-0.05, 0) is 45.2 Å². The van der Waals surface area contributed by atoms with Crippen LogP contribution >= 0.6 is 0 Å². The molecule has 6 nitrogen and oxygen atoms in total. The third kappa shape index (κ3) is 3.40.